The molecule has 0 spiro atoms. The third-order valence-electron chi connectivity index (χ3n) is 10.7. The molecule has 3 atom stereocenters. The van der Waals surface area contributed by atoms with Gasteiger partial charge in [0.15, 0.2) is 0 Å². The average Bonchev–Trinajstić information content (AvgIpc) is 3.75. The number of aliphatic hydroxyl groups excluding tert-OH is 1. The first-order valence-electron chi connectivity index (χ1n) is 18.0. The molecule has 10 nitrogen and oxygen atoms in total. The highest BCUT2D eigenvalue weighted by Crippen LogP contribution is 2.47. The Morgan fingerprint density at radius 2 is 1.67 bits per heavy atom. The summed E-state index contributed by atoms with van der Waals surface area (Å²) in [5, 5.41) is 14.6. The molecule has 0 radical (unpaired) electrons. The second-order valence-corrected chi connectivity index (χ2v) is 16.6. The van der Waals surface area contributed by atoms with Crippen molar-refractivity contribution in [3.8, 4) is 11.5 Å². The molecule has 1 fully saturated rings. The van der Waals surface area contributed by atoms with Gasteiger partial charge in [0.2, 0.25) is 5.91 Å². The number of carbonyl (C=O) groups is 1. The molecule has 2 heterocycles. The van der Waals surface area contributed by atoms with Gasteiger partial charge in [-0.05, 0) is 66.8 Å². The Bertz CT molecular complexity index is 1870. The first-order valence-corrected chi connectivity index (χ1v) is 19.5. The van der Waals surface area contributed by atoms with Crippen LogP contribution in [0.2, 0.25) is 0 Å². The van der Waals surface area contributed by atoms with Crippen LogP contribution in [-0.2, 0) is 34.2 Å². The monoisotopic (exact) mass is 728 g/mol. The lowest BCUT2D eigenvalue weighted by Gasteiger charge is -2.40. The van der Waals surface area contributed by atoms with E-state index in [0.717, 1.165) is 29.7 Å². The molecule has 6 N–H and O–H groups in total. The van der Waals surface area contributed by atoms with E-state index in [9.17, 15) is 24.3 Å². The minimum atomic E-state index is -4.91. The zero-order chi connectivity index (χ0) is 37.1. The van der Waals surface area contributed by atoms with Gasteiger partial charge in [0, 0.05) is 42.8 Å². The molecule has 52 heavy (non-hydrogen) atoms. The highest BCUT2D eigenvalue weighted by Gasteiger charge is 2.54. The first kappa shape index (κ1) is 37.7. The van der Waals surface area contributed by atoms with Crippen LogP contribution in [0.3, 0.4) is 0 Å². The number of aliphatic hydroxyl groups is 1. The number of rotatable bonds is 14. The van der Waals surface area contributed by atoms with Crippen LogP contribution in [-0.4, -0.2) is 63.6 Å². The van der Waals surface area contributed by atoms with Crippen LogP contribution in [0.15, 0.2) is 97.1 Å². The molecule has 2 aliphatic rings. The number of fused-ring (bicyclic) bond motifs is 1. The lowest BCUT2D eigenvalue weighted by Crippen LogP contribution is -2.52. The van der Waals surface area contributed by atoms with Crippen LogP contribution in [0.1, 0.15) is 66.7 Å². The molecular weight excluding hydrogens is 677 g/mol. The fourth-order valence-corrected chi connectivity index (χ4v) is 8.61. The van der Waals surface area contributed by atoms with E-state index in [4.69, 9.17) is 15.0 Å². The highest BCUT2D eigenvalue weighted by molar-refractivity contribution is 7.46. The number of nitrogens with one attached hydrogen (secondary N) is 1. The number of carbonyl (C=O) groups excluding carboxylic acids is 1. The number of hydrogen-bond acceptors (Lipinski definition) is 6. The molecule has 1 amide bonds. The molecule has 11 heteroatoms. The molecule has 2 unspecified atom stereocenters. The number of nitrogens with zero attached hydrogens (tertiary/aromatic N) is 1. The summed E-state index contributed by atoms with van der Waals surface area (Å²) in [7, 11) is -4.91. The molecule has 2 aliphatic heterocycles. The van der Waals surface area contributed by atoms with Crippen LogP contribution >= 0.6 is 7.82 Å². The van der Waals surface area contributed by atoms with Crippen molar-refractivity contribution >= 4 is 13.7 Å². The number of primary amides is 1. The summed E-state index contributed by atoms with van der Waals surface area (Å²) in [6.45, 7) is 9.30. The lowest BCUT2D eigenvalue weighted by atomic mass is 9.64. The lowest BCUT2D eigenvalue weighted by molar-refractivity contribution is -0.931. The van der Waals surface area contributed by atoms with Gasteiger partial charge in [-0.2, -0.15) is 0 Å². The SMILES string of the molecule is CC(C)(C)NCC(O)c1ccc(OP(=O)(O)O)c(C[N+]2(CCc3ccc4c(c3)CCO4)CC[C@@H](C(C(N)=O)(c3ccccc3)c3ccccc3)C2)c1. The summed E-state index contributed by atoms with van der Waals surface area (Å²) in [6, 6.07) is 30.8. The van der Waals surface area contributed by atoms with Gasteiger partial charge in [0.05, 0.1) is 32.3 Å². The summed E-state index contributed by atoms with van der Waals surface area (Å²) in [5.74, 6) is 0.368. The Morgan fingerprint density at radius 3 is 2.29 bits per heavy atom. The Labute approximate surface area is 306 Å². The van der Waals surface area contributed by atoms with Crippen molar-refractivity contribution in [2.24, 2.45) is 11.7 Å². The third-order valence-corrected chi connectivity index (χ3v) is 11.1. The van der Waals surface area contributed by atoms with Gasteiger partial charge in [-0.3, -0.25) is 14.6 Å². The maximum Gasteiger partial charge on any atom is 0.524 e. The maximum absolute atomic E-state index is 14.0. The molecule has 276 valence electrons. The average molecular weight is 729 g/mol. The number of quaternary nitrogens is 1. The minimum absolute atomic E-state index is 0.0657. The van der Waals surface area contributed by atoms with Crippen molar-refractivity contribution in [3.05, 3.63) is 130 Å². The van der Waals surface area contributed by atoms with Crippen LogP contribution < -0.4 is 20.3 Å². The summed E-state index contributed by atoms with van der Waals surface area (Å²) in [6.07, 6.45) is 1.40. The zero-order valence-electron chi connectivity index (χ0n) is 30.2. The summed E-state index contributed by atoms with van der Waals surface area (Å²) in [4.78, 5) is 33.8. The van der Waals surface area contributed by atoms with E-state index in [2.05, 4.69) is 17.4 Å². The van der Waals surface area contributed by atoms with E-state index in [1.54, 1.807) is 12.1 Å². The van der Waals surface area contributed by atoms with E-state index >= 15 is 0 Å². The van der Waals surface area contributed by atoms with Crippen molar-refractivity contribution < 1.29 is 38.0 Å². The van der Waals surface area contributed by atoms with Crippen molar-refractivity contribution in [1.29, 1.82) is 0 Å². The summed E-state index contributed by atoms with van der Waals surface area (Å²) >= 11 is 0. The fourth-order valence-electron chi connectivity index (χ4n) is 8.18. The molecular formula is C41H51N3O7P+. The van der Waals surface area contributed by atoms with E-state index < -0.39 is 25.2 Å². The van der Waals surface area contributed by atoms with Gasteiger partial charge in [-0.1, -0.05) is 78.9 Å². The molecule has 6 rings (SSSR count). The second-order valence-electron chi connectivity index (χ2n) is 15.4. The Hall–Kier alpha value is -4.02. The minimum Gasteiger partial charge on any atom is -0.493 e. The normalized spacial score (nSPS) is 19.5. The molecule has 0 aromatic heterocycles. The van der Waals surface area contributed by atoms with Crippen molar-refractivity contribution in [2.45, 2.75) is 63.6 Å². The van der Waals surface area contributed by atoms with E-state index in [1.165, 1.54) is 17.2 Å². The Morgan fingerprint density at radius 1 is 1.00 bits per heavy atom. The van der Waals surface area contributed by atoms with Gasteiger partial charge in [-0.25, -0.2) is 4.57 Å². The van der Waals surface area contributed by atoms with Crippen molar-refractivity contribution in [1.82, 2.24) is 5.32 Å². The predicted octanol–water partition coefficient (Wildman–Crippen LogP) is 5.57. The van der Waals surface area contributed by atoms with Gasteiger partial charge in [-0.15, -0.1) is 0 Å². The second kappa shape index (κ2) is 15.1. The molecule has 4 aromatic rings. The summed E-state index contributed by atoms with van der Waals surface area (Å²) < 4.78 is 23.8. The maximum atomic E-state index is 14.0. The van der Waals surface area contributed by atoms with Gasteiger partial charge in [0.25, 0.3) is 0 Å². The van der Waals surface area contributed by atoms with E-state index in [1.807, 2.05) is 87.5 Å². The number of ether oxygens (including phenoxy) is 1. The number of benzene rings is 4. The number of β-amino-alcohol motifs (C(OH)–C–C–N with tert-alkyl or cyclic N) is 1. The van der Waals surface area contributed by atoms with Crippen LogP contribution in [0.4, 0.5) is 0 Å². The fraction of sp³-hybridized carbons (Fsp3) is 0.390. The van der Waals surface area contributed by atoms with Gasteiger partial charge < -0.3 is 29.9 Å². The van der Waals surface area contributed by atoms with Crippen molar-refractivity contribution in [3.63, 3.8) is 0 Å². The smallest absolute Gasteiger partial charge is 0.493 e. The molecule has 0 saturated carbocycles. The van der Waals surface area contributed by atoms with Gasteiger partial charge >= 0.3 is 7.82 Å². The number of amides is 1. The molecule has 0 bridgehead atoms. The molecule has 1 saturated heterocycles. The zero-order valence-corrected chi connectivity index (χ0v) is 31.1. The van der Waals surface area contributed by atoms with Crippen molar-refractivity contribution in [2.75, 3.05) is 32.8 Å². The Kier molecular flexibility index (Phi) is 11.0. The predicted molar refractivity (Wildman–Crippen MR) is 201 cm³/mol. The first-order chi connectivity index (χ1) is 24.7. The molecule has 0 aliphatic carbocycles. The van der Waals surface area contributed by atoms with Crippen LogP contribution in [0, 0.1) is 5.92 Å². The largest absolute Gasteiger partial charge is 0.524 e. The highest BCUT2D eigenvalue weighted by atomic mass is 31.2. The number of phosphoric acid groups is 1. The molecule has 4 aromatic carbocycles. The van der Waals surface area contributed by atoms with Gasteiger partial charge in [0.1, 0.15) is 23.5 Å². The number of likely N-dealkylation sites (tertiary alicyclic amines) is 1. The number of phosphoric ester groups is 1. The van der Waals surface area contributed by atoms with Crippen LogP contribution in [0.25, 0.3) is 0 Å². The standard InChI is InChI=1S/C41H50N3O7P/c1-40(2,3)43-26-36(45)30-15-17-38(51-52(47,48)49)32(25-30)27-44(21-18-29-14-16-37-31(24-29)20-23-50-37)22-19-35(28-44)41(39(42)46,33-10-6-4-7-11-33)34-12-8-5-9-13-34/h4-17,24-25,35-36,43,45H,18-23,26-28H2,1-3H3,(H3-,42,46,47,48,49)/p+1/t35-,36?,44?/m1/s1. The number of hydrogen-bond donors (Lipinski definition) is 5. The topological polar surface area (TPSA) is 151 Å². The Balaban J connectivity index is 1.42. The van der Waals surface area contributed by atoms with E-state index in [0.29, 0.717) is 61.4 Å². The quantitative estimate of drug-likeness (QED) is 0.0836. The third kappa shape index (κ3) is 8.44. The van der Waals surface area contributed by atoms with Crippen LogP contribution in [0.5, 0.6) is 11.5 Å². The summed E-state index contributed by atoms with van der Waals surface area (Å²) in [5.41, 5.74) is 10.3. The number of nitrogens with two attached hydrogens (primary N) is 1. The van der Waals surface area contributed by atoms with E-state index in [-0.39, 0.29) is 17.2 Å².